The fourth-order valence-electron chi connectivity index (χ4n) is 1.75. The van der Waals surface area contributed by atoms with Crippen molar-refractivity contribution >= 4 is 0 Å². The lowest BCUT2D eigenvalue weighted by molar-refractivity contribution is -0.230. The van der Waals surface area contributed by atoms with Gasteiger partial charge in [-0.15, -0.1) is 0 Å². The number of methoxy groups -OCH3 is 1. The SMILES string of the molecule is COC[C@@H]1CCO[C@@H](C2C=CC=C2)O1. The van der Waals surface area contributed by atoms with E-state index < -0.39 is 0 Å². The van der Waals surface area contributed by atoms with Gasteiger partial charge < -0.3 is 14.2 Å². The zero-order valence-corrected chi connectivity index (χ0v) is 8.39. The van der Waals surface area contributed by atoms with Crippen molar-refractivity contribution in [1.82, 2.24) is 0 Å². The molecule has 1 saturated heterocycles. The molecule has 1 fully saturated rings. The zero-order valence-electron chi connectivity index (χ0n) is 8.39. The molecule has 2 rings (SSSR count). The van der Waals surface area contributed by atoms with Gasteiger partial charge in [-0.2, -0.15) is 0 Å². The highest BCUT2D eigenvalue weighted by Crippen LogP contribution is 2.23. The first-order valence-corrected chi connectivity index (χ1v) is 5.01. The van der Waals surface area contributed by atoms with Crippen LogP contribution in [0.1, 0.15) is 6.42 Å². The van der Waals surface area contributed by atoms with Crippen molar-refractivity contribution in [1.29, 1.82) is 0 Å². The van der Waals surface area contributed by atoms with Gasteiger partial charge in [0.15, 0.2) is 6.29 Å². The van der Waals surface area contributed by atoms with Gasteiger partial charge in [-0.05, 0) is 6.42 Å². The third kappa shape index (κ3) is 2.23. The van der Waals surface area contributed by atoms with E-state index >= 15 is 0 Å². The number of ether oxygens (including phenoxy) is 3. The lowest BCUT2D eigenvalue weighted by Gasteiger charge is -2.32. The van der Waals surface area contributed by atoms with E-state index in [0.29, 0.717) is 6.61 Å². The summed E-state index contributed by atoms with van der Waals surface area (Å²) in [5.74, 6) is 0.273. The fraction of sp³-hybridized carbons (Fsp3) is 0.636. The molecule has 3 heteroatoms. The summed E-state index contributed by atoms with van der Waals surface area (Å²) in [6.07, 6.45) is 9.22. The Balaban J connectivity index is 1.87. The largest absolute Gasteiger partial charge is 0.382 e. The minimum absolute atomic E-state index is 0.126. The molecule has 0 N–H and O–H groups in total. The number of rotatable bonds is 3. The normalized spacial score (nSPS) is 32.6. The summed E-state index contributed by atoms with van der Waals surface area (Å²) in [6.45, 7) is 1.41. The van der Waals surface area contributed by atoms with Crippen LogP contribution >= 0.6 is 0 Å². The van der Waals surface area contributed by atoms with Gasteiger partial charge >= 0.3 is 0 Å². The first-order chi connectivity index (χ1) is 6.90. The van der Waals surface area contributed by atoms with Crippen molar-refractivity contribution in [3.8, 4) is 0 Å². The lowest BCUT2D eigenvalue weighted by atomic mass is 10.1. The first-order valence-electron chi connectivity index (χ1n) is 5.01. The molecule has 0 spiro atoms. The Morgan fingerprint density at radius 2 is 2.14 bits per heavy atom. The molecule has 0 unspecified atom stereocenters. The second kappa shape index (κ2) is 4.73. The summed E-state index contributed by atoms with van der Waals surface area (Å²) in [5.41, 5.74) is 0. The minimum atomic E-state index is -0.126. The smallest absolute Gasteiger partial charge is 0.167 e. The molecule has 1 aliphatic heterocycles. The Morgan fingerprint density at radius 1 is 1.36 bits per heavy atom. The van der Waals surface area contributed by atoms with Crippen LogP contribution in [0.4, 0.5) is 0 Å². The van der Waals surface area contributed by atoms with Crippen LogP contribution in [-0.2, 0) is 14.2 Å². The highest BCUT2D eigenvalue weighted by Gasteiger charge is 2.27. The van der Waals surface area contributed by atoms with Crippen LogP contribution in [0.25, 0.3) is 0 Å². The van der Waals surface area contributed by atoms with Gasteiger partial charge in [0, 0.05) is 13.0 Å². The van der Waals surface area contributed by atoms with Gasteiger partial charge in [-0.3, -0.25) is 0 Å². The Bertz CT molecular complexity index is 221. The summed E-state index contributed by atoms with van der Waals surface area (Å²) in [5, 5.41) is 0. The first kappa shape index (κ1) is 9.90. The molecule has 0 radical (unpaired) electrons. The van der Waals surface area contributed by atoms with E-state index in [-0.39, 0.29) is 18.3 Å². The second-order valence-corrected chi connectivity index (χ2v) is 3.59. The minimum Gasteiger partial charge on any atom is -0.382 e. The van der Waals surface area contributed by atoms with Crippen LogP contribution in [0, 0.1) is 5.92 Å². The van der Waals surface area contributed by atoms with Crippen molar-refractivity contribution in [2.45, 2.75) is 18.8 Å². The lowest BCUT2D eigenvalue weighted by Crippen LogP contribution is -2.38. The fourth-order valence-corrected chi connectivity index (χ4v) is 1.75. The standard InChI is InChI=1S/C11H16O3/c1-12-8-10-6-7-13-11(14-10)9-4-2-3-5-9/h2-5,9-11H,6-8H2,1H3/t10-,11+/m0/s1. The summed E-state index contributed by atoms with van der Waals surface area (Å²) < 4.78 is 16.4. The number of allylic oxidation sites excluding steroid dienone is 2. The summed E-state index contributed by atoms with van der Waals surface area (Å²) in [7, 11) is 1.70. The van der Waals surface area contributed by atoms with E-state index in [1.807, 2.05) is 12.2 Å². The number of hydrogen-bond donors (Lipinski definition) is 0. The van der Waals surface area contributed by atoms with Crippen LogP contribution < -0.4 is 0 Å². The van der Waals surface area contributed by atoms with Crippen LogP contribution in [0.5, 0.6) is 0 Å². The van der Waals surface area contributed by atoms with E-state index in [1.165, 1.54) is 0 Å². The summed E-state index contributed by atoms with van der Waals surface area (Å²) in [4.78, 5) is 0. The predicted molar refractivity (Wildman–Crippen MR) is 52.9 cm³/mol. The average Bonchev–Trinajstić information content (AvgIpc) is 2.71. The molecule has 0 saturated carbocycles. The van der Waals surface area contributed by atoms with Crippen molar-refractivity contribution in [2.24, 2.45) is 5.92 Å². The molecule has 0 bridgehead atoms. The van der Waals surface area contributed by atoms with Crippen molar-refractivity contribution in [2.75, 3.05) is 20.3 Å². The van der Waals surface area contributed by atoms with E-state index in [2.05, 4.69) is 12.2 Å². The van der Waals surface area contributed by atoms with E-state index in [4.69, 9.17) is 14.2 Å². The Hall–Kier alpha value is -0.640. The van der Waals surface area contributed by atoms with Gasteiger partial charge in [0.2, 0.25) is 0 Å². The molecular formula is C11H16O3. The topological polar surface area (TPSA) is 27.7 Å². The molecule has 78 valence electrons. The van der Waals surface area contributed by atoms with Crippen LogP contribution in [0.2, 0.25) is 0 Å². The van der Waals surface area contributed by atoms with Gasteiger partial charge in [-0.1, -0.05) is 24.3 Å². The summed E-state index contributed by atoms with van der Waals surface area (Å²) in [6, 6.07) is 0. The molecule has 1 heterocycles. The van der Waals surface area contributed by atoms with E-state index in [1.54, 1.807) is 7.11 Å². The van der Waals surface area contributed by atoms with Crippen LogP contribution in [0.15, 0.2) is 24.3 Å². The molecule has 0 aromatic heterocycles. The number of hydrogen-bond acceptors (Lipinski definition) is 3. The Morgan fingerprint density at radius 3 is 2.86 bits per heavy atom. The molecule has 1 aliphatic carbocycles. The predicted octanol–water partition coefficient (Wildman–Crippen LogP) is 1.51. The maximum atomic E-state index is 5.76. The maximum Gasteiger partial charge on any atom is 0.167 e. The second-order valence-electron chi connectivity index (χ2n) is 3.59. The quantitative estimate of drug-likeness (QED) is 0.684. The molecule has 2 atom stereocenters. The van der Waals surface area contributed by atoms with Gasteiger partial charge in [0.05, 0.1) is 19.3 Å². The van der Waals surface area contributed by atoms with E-state index in [9.17, 15) is 0 Å². The third-order valence-corrected chi connectivity index (χ3v) is 2.49. The molecule has 2 aliphatic rings. The molecular weight excluding hydrogens is 180 g/mol. The Labute approximate surface area is 84.3 Å². The van der Waals surface area contributed by atoms with Crippen molar-refractivity contribution < 1.29 is 14.2 Å². The monoisotopic (exact) mass is 196 g/mol. The van der Waals surface area contributed by atoms with Crippen LogP contribution in [-0.4, -0.2) is 32.7 Å². The third-order valence-electron chi connectivity index (χ3n) is 2.49. The van der Waals surface area contributed by atoms with Gasteiger partial charge in [0.25, 0.3) is 0 Å². The molecule has 14 heavy (non-hydrogen) atoms. The van der Waals surface area contributed by atoms with Crippen molar-refractivity contribution in [3.63, 3.8) is 0 Å². The van der Waals surface area contributed by atoms with Crippen molar-refractivity contribution in [3.05, 3.63) is 24.3 Å². The highest BCUT2D eigenvalue weighted by atomic mass is 16.7. The van der Waals surface area contributed by atoms with Gasteiger partial charge in [0.1, 0.15) is 0 Å². The molecule has 0 aromatic carbocycles. The highest BCUT2D eigenvalue weighted by molar-refractivity contribution is 5.18. The maximum absolute atomic E-state index is 5.76. The Kier molecular flexibility index (Phi) is 3.35. The molecule has 0 aromatic rings. The molecule has 0 amide bonds. The van der Waals surface area contributed by atoms with Crippen LogP contribution in [0.3, 0.4) is 0 Å². The van der Waals surface area contributed by atoms with E-state index in [0.717, 1.165) is 13.0 Å². The molecule has 3 nitrogen and oxygen atoms in total. The van der Waals surface area contributed by atoms with Gasteiger partial charge in [-0.25, -0.2) is 0 Å². The zero-order chi connectivity index (χ0) is 9.80. The average molecular weight is 196 g/mol. The summed E-state index contributed by atoms with van der Waals surface area (Å²) >= 11 is 0.